The number of benzene rings is 1. The zero-order chi connectivity index (χ0) is 13.5. The summed E-state index contributed by atoms with van der Waals surface area (Å²) >= 11 is 5.83. The van der Waals surface area contributed by atoms with E-state index in [1.165, 1.54) is 6.07 Å². The highest BCUT2D eigenvalue weighted by Gasteiger charge is 2.19. The molecule has 0 spiro atoms. The van der Waals surface area contributed by atoms with Crippen LogP contribution in [0.2, 0.25) is 5.02 Å². The summed E-state index contributed by atoms with van der Waals surface area (Å²) < 4.78 is 18.7. The Kier molecular flexibility index (Phi) is 6.30. The molecule has 0 bridgehead atoms. The third-order valence-electron chi connectivity index (χ3n) is 2.67. The zero-order valence-electron chi connectivity index (χ0n) is 10.7. The SMILES string of the molecule is CCCC(OCC)C(=O)Cc1cccc(F)c1Cl. The summed E-state index contributed by atoms with van der Waals surface area (Å²) in [6, 6.07) is 4.50. The first kappa shape index (κ1) is 15.1. The van der Waals surface area contributed by atoms with Crippen molar-refractivity contribution in [2.75, 3.05) is 6.61 Å². The van der Waals surface area contributed by atoms with Crippen LogP contribution >= 0.6 is 11.6 Å². The van der Waals surface area contributed by atoms with Crippen molar-refractivity contribution >= 4 is 17.4 Å². The third kappa shape index (κ3) is 4.07. The number of rotatable bonds is 7. The number of Topliss-reactive ketones (excluding diaryl/α,β-unsaturated/α-hetero) is 1. The Morgan fingerprint density at radius 1 is 1.44 bits per heavy atom. The van der Waals surface area contributed by atoms with Crippen molar-refractivity contribution in [1.82, 2.24) is 0 Å². The second-order valence-corrected chi connectivity index (χ2v) is 4.47. The first-order valence-electron chi connectivity index (χ1n) is 6.17. The van der Waals surface area contributed by atoms with Crippen LogP contribution in [0.4, 0.5) is 4.39 Å². The Balaban J connectivity index is 2.75. The zero-order valence-corrected chi connectivity index (χ0v) is 11.5. The van der Waals surface area contributed by atoms with Gasteiger partial charge in [-0.2, -0.15) is 0 Å². The monoisotopic (exact) mass is 272 g/mol. The van der Waals surface area contributed by atoms with E-state index in [0.717, 1.165) is 6.42 Å². The van der Waals surface area contributed by atoms with E-state index in [2.05, 4.69) is 0 Å². The largest absolute Gasteiger partial charge is 0.371 e. The Labute approximate surface area is 112 Å². The van der Waals surface area contributed by atoms with E-state index < -0.39 is 11.9 Å². The molecule has 0 aliphatic heterocycles. The average Bonchev–Trinajstić information content (AvgIpc) is 2.34. The number of hydrogen-bond donors (Lipinski definition) is 0. The van der Waals surface area contributed by atoms with Gasteiger partial charge in [-0.15, -0.1) is 0 Å². The topological polar surface area (TPSA) is 26.3 Å². The fourth-order valence-electron chi connectivity index (χ4n) is 1.79. The smallest absolute Gasteiger partial charge is 0.165 e. The fourth-order valence-corrected chi connectivity index (χ4v) is 1.98. The molecule has 1 aromatic carbocycles. The number of halogens is 2. The Morgan fingerprint density at radius 3 is 2.78 bits per heavy atom. The van der Waals surface area contributed by atoms with Gasteiger partial charge in [-0.3, -0.25) is 4.79 Å². The van der Waals surface area contributed by atoms with E-state index in [1.54, 1.807) is 12.1 Å². The van der Waals surface area contributed by atoms with E-state index in [1.807, 2.05) is 13.8 Å². The van der Waals surface area contributed by atoms with E-state index in [-0.39, 0.29) is 17.2 Å². The lowest BCUT2D eigenvalue weighted by Gasteiger charge is -2.15. The fraction of sp³-hybridized carbons (Fsp3) is 0.500. The molecule has 2 nitrogen and oxygen atoms in total. The van der Waals surface area contributed by atoms with Crippen LogP contribution in [0.5, 0.6) is 0 Å². The molecule has 0 saturated carbocycles. The second kappa shape index (κ2) is 7.49. The van der Waals surface area contributed by atoms with Crippen molar-refractivity contribution in [3.8, 4) is 0 Å². The second-order valence-electron chi connectivity index (χ2n) is 4.09. The van der Waals surface area contributed by atoms with Crippen LogP contribution in [0.25, 0.3) is 0 Å². The van der Waals surface area contributed by atoms with Crippen molar-refractivity contribution < 1.29 is 13.9 Å². The van der Waals surface area contributed by atoms with Gasteiger partial charge in [0.05, 0.1) is 5.02 Å². The van der Waals surface area contributed by atoms with Gasteiger partial charge in [0.2, 0.25) is 0 Å². The molecule has 18 heavy (non-hydrogen) atoms. The maximum absolute atomic E-state index is 13.3. The van der Waals surface area contributed by atoms with E-state index in [0.29, 0.717) is 18.6 Å². The molecule has 0 aliphatic carbocycles. The predicted molar refractivity (Wildman–Crippen MR) is 70.4 cm³/mol. The molecule has 0 radical (unpaired) electrons. The minimum Gasteiger partial charge on any atom is -0.371 e. The molecular weight excluding hydrogens is 255 g/mol. The Bertz CT molecular complexity index is 401. The number of hydrogen-bond acceptors (Lipinski definition) is 2. The highest BCUT2D eigenvalue weighted by Crippen LogP contribution is 2.21. The van der Waals surface area contributed by atoms with Crippen LogP contribution < -0.4 is 0 Å². The summed E-state index contributed by atoms with van der Waals surface area (Å²) in [5, 5.41) is 0.0256. The van der Waals surface area contributed by atoms with Crippen LogP contribution in [0, 0.1) is 5.82 Å². The van der Waals surface area contributed by atoms with Gasteiger partial charge < -0.3 is 4.74 Å². The molecule has 1 unspecified atom stereocenters. The number of ketones is 1. The van der Waals surface area contributed by atoms with Gasteiger partial charge in [-0.05, 0) is 25.0 Å². The van der Waals surface area contributed by atoms with Gasteiger partial charge in [-0.1, -0.05) is 37.1 Å². The molecule has 1 atom stereocenters. The summed E-state index contributed by atoms with van der Waals surface area (Å²) in [7, 11) is 0. The standard InChI is InChI=1S/C14H18ClFO2/c1-3-6-13(18-4-2)12(17)9-10-7-5-8-11(16)14(10)15/h5,7-8,13H,3-4,6,9H2,1-2H3. The maximum atomic E-state index is 13.3. The molecule has 100 valence electrons. The molecule has 0 aliphatic rings. The molecule has 0 amide bonds. The Morgan fingerprint density at radius 2 is 2.17 bits per heavy atom. The van der Waals surface area contributed by atoms with Crippen molar-refractivity contribution in [3.05, 3.63) is 34.6 Å². The van der Waals surface area contributed by atoms with Crippen LogP contribution in [0.15, 0.2) is 18.2 Å². The average molecular weight is 273 g/mol. The lowest BCUT2D eigenvalue weighted by Crippen LogP contribution is -2.26. The first-order valence-corrected chi connectivity index (χ1v) is 6.55. The predicted octanol–water partition coefficient (Wildman–Crippen LogP) is 3.80. The molecular formula is C14H18ClFO2. The van der Waals surface area contributed by atoms with Gasteiger partial charge in [-0.25, -0.2) is 4.39 Å². The van der Waals surface area contributed by atoms with Gasteiger partial charge in [0.1, 0.15) is 11.9 Å². The van der Waals surface area contributed by atoms with Gasteiger partial charge >= 0.3 is 0 Å². The van der Waals surface area contributed by atoms with Crippen LogP contribution in [0.3, 0.4) is 0 Å². The summed E-state index contributed by atoms with van der Waals surface area (Å²) in [5.41, 5.74) is 0.516. The minimum atomic E-state index is -0.495. The quantitative estimate of drug-likeness (QED) is 0.755. The molecule has 0 N–H and O–H groups in total. The highest BCUT2D eigenvalue weighted by atomic mass is 35.5. The number of ether oxygens (including phenoxy) is 1. The van der Waals surface area contributed by atoms with Crippen LogP contribution in [0.1, 0.15) is 32.3 Å². The Hall–Kier alpha value is -0.930. The lowest BCUT2D eigenvalue weighted by atomic mass is 10.0. The van der Waals surface area contributed by atoms with Crippen LogP contribution in [-0.4, -0.2) is 18.5 Å². The first-order chi connectivity index (χ1) is 8.60. The van der Waals surface area contributed by atoms with Crippen LogP contribution in [-0.2, 0) is 16.0 Å². The van der Waals surface area contributed by atoms with Gasteiger partial charge in [0, 0.05) is 13.0 Å². The molecule has 0 heterocycles. The molecule has 0 aromatic heterocycles. The van der Waals surface area contributed by atoms with Crippen molar-refractivity contribution in [3.63, 3.8) is 0 Å². The summed E-state index contributed by atoms with van der Waals surface area (Å²) in [5.74, 6) is -0.545. The van der Waals surface area contributed by atoms with E-state index >= 15 is 0 Å². The minimum absolute atomic E-state index is 0.0256. The van der Waals surface area contributed by atoms with Crippen molar-refractivity contribution in [2.24, 2.45) is 0 Å². The normalized spacial score (nSPS) is 12.4. The molecule has 0 fully saturated rings. The van der Waals surface area contributed by atoms with Gasteiger partial charge in [0.25, 0.3) is 0 Å². The van der Waals surface area contributed by atoms with E-state index in [4.69, 9.17) is 16.3 Å². The maximum Gasteiger partial charge on any atom is 0.165 e. The number of carbonyl (C=O) groups is 1. The third-order valence-corrected chi connectivity index (χ3v) is 3.10. The molecule has 4 heteroatoms. The van der Waals surface area contributed by atoms with Gasteiger partial charge in [0.15, 0.2) is 5.78 Å². The molecule has 0 saturated heterocycles. The number of carbonyl (C=O) groups excluding carboxylic acids is 1. The highest BCUT2D eigenvalue weighted by molar-refractivity contribution is 6.31. The summed E-state index contributed by atoms with van der Waals surface area (Å²) in [6.45, 7) is 4.34. The van der Waals surface area contributed by atoms with E-state index in [9.17, 15) is 9.18 Å². The summed E-state index contributed by atoms with van der Waals surface area (Å²) in [4.78, 5) is 12.0. The lowest BCUT2D eigenvalue weighted by molar-refractivity contribution is -0.130. The molecule has 1 aromatic rings. The summed E-state index contributed by atoms with van der Waals surface area (Å²) in [6.07, 6.45) is 1.24. The van der Waals surface area contributed by atoms with Crippen molar-refractivity contribution in [2.45, 2.75) is 39.2 Å². The van der Waals surface area contributed by atoms with Crippen molar-refractivity contribution in [1.29, 1.82) is 0 Å². The molecule has 1 rings (SSSR count).